The van der Waals surface area contributed by atoms with E-state index in [2.05, 4.69) is 25.1 Å². The molecule has 0 fully saturated rings. The lowest BCUT2D eigenvalue weighted by Crippen LogP contribution is -2.18. The summed E-state index contributed by atoms with van der Waals surface area (Å²) < 4.78 is 6.31. The summed E-state index contributed by atoms with van der Waals surface area (Å²) in [5.74, 6) is 0.119. The molecule has 1 N–H and O–H groups in total. The van der Waals surface area contributed by atoms with E-state index in [-0.39, 0.29) is 12.5 Å². The molecule has 0 heterocycles. The molecular formula is C28H42O3. The molecule has 0 saturated heterocycles. The van der Waals surface area contributed by atoms with Crippen LogP contribution < -0.4 is 4.74 Å². The van der Waals surface area contributed by atoms with Crippen LogP contribution in [-0.4, -0.2) is 17.2 Å². The van der Waals surface area contributed by atoms with Gasteiger partial charge in [-0.25, -0.2) is 0 Å². The number of ether oxygens (including phenoxy) is 1. The number of unbranched alkanes of at least 4 members (excludes halogenated alkanes) is 11. The molecular weight excluding hydrogens is 384 g/mol. The van der Waals surface area contributed by atoms with E-state index in [4.69, 9.17) is 9.84 Å². The van der Waals surface area contributed by atoms with Gasteiger partial charge in [-0.3, -0.25) is 4.79 Å². The summed E-state index contributed by atoms with van der Waals surface area (Å²) >= 11 is 0. The predicted octanol–water partition coefficient (Wildman–Crippen LogP) is 8.54. The van der Waals surface area contributed by atoms with E-state index >= 15 is 0 Å². The van der Waals surface area contributed by atoms with Crippen LogP contribution in [-0.2, 0) is 4.79 Å². The molecule has 2 rings (SSSR count). The number of carbonyl (C=O) groups is 1. The Bertz CT molecular complexity index is 735. The minimum absolute atomic E-state index is 0.0370. The molecule has 0 radical (unpaired) electrons. The average Bonchev–Trinajstić information content (AvgIpc) is 2.78. The minimum Gasteiger partial charge on any atom is -0.490 e. The van der Waals surface area contributed by atoms with Crippen LogP contribution in [0.4, 0.5) is 0 Å². The Morgan fingerprint density at radius 3 is 2.00 bits per heavy atom. The molecule has 2 aromatic carbocycles. The molecule has 2 aromatic rings. The van der Waals surface area contributed by atoms with Gasteiger partial charge in [0.15, 0.2) is 0 Å². The first kappa shape index (κ1) is 25.2. The molecule has 3 heteroatoms. The number of aliphatic carboxylic acids is 1. The van der Waals surface area contributed by atoms with Gasteiger partial charge in [0.1, 0.15) is 5.75 Å². The van der Waals surface area contributed by atoms with Crippen LogP contribution >= 0.6 is 0 Å². The van der Waals surface area contributed by atoms with Crippen molar-refractivity contribution < 1.29 is 14.6 Å². The fourth-order valence-electron chi connectivity index (χ4n) is 4.24. The first-order chi connectivity index (χ1) is 15.2. The monoisotopic (exact) mass is 426 g/mol. The zero-order chi connectivity index (χ0) is 22.2. The zero-order valence-corrected chi connectivity index (χ0v) is 19.5. The van der Waals surface area contributed by atoms with Gasteiger partial charge in [-0.05, 0) is 30.7 Å². The Labute approximate surface area is 189 Å². The normalized spacial score (nSPS) is 12.2. The van der Waals surface area contributed by atoms with Gasteiger partial charge < -0.3 is 9.84 Å². The van der Waals surface area contributed by atoms with Crippen molar-refractivity contribution in [1.82, 2.24) is 0 Å². The lowest BCUT2D eigenvalue weighted by Gasteiger charge is -2.20. The number of carboxylic acids is 1. The molecule has 0 aliphatic heterocycles. The minimum atomic E-state index is -0.749. The quantitative estimate of drug-likeness (QED) is 0.243. The molecule has 0 aromatic heterocycles. The second-order valence-corrected chi connectivity index (χ2v) is 8.83. The Balaban J connectivity index is 1.67. The van der Waals surface area contributed by atoms with Gasteiger partial charge in [-0.2, -0.15) is 0 Å². The third-order valence-electron chi connectivity index (χ3n) is 6.10. The van der Waals surface area contributed by atoms with Crippen molar-refractivity contribution in [1.29, 1.82) is 0 Å². The zero-order valence-electron chi connectivity index (χ0n) is 19.5. The van der Waals surface area contributed by atoms with Crippen molar-refractivity contribution in [2.75, 3.05) is 0 Å². The average molecular weight is 427 g/mol. The van der Waals surface area contributed by atoms with Crippen molar-refractivity contribution in [3.8, 4) is 5.75 Å². The van der Waals surface area contributed by atoms with Crippen LogP contribution in [0.1, 0.15) is 103 Å². The fourth-order valence-corrected chi connectivity index (χ4v) is 4.24. The van der Waals surface area contributed by atoms with Crippen molar-refractivity contribution in [3.63, 3.8) is 0 Å². The molecule has 0 saturated carbocycles. The third kappa shape index (κ3) is 10.7. The molecule has 1 atom stereocenters. The maximum atomic E-state index is 11.1. The SMILES string of the molecule is CCCCCCCCCCCCCCC(CCC(=O)O)Oc1cccc2ccccc12. The van der Waals surface area contributed by atoms with E-state index in [1.54, 1.807) is 0 Å². The molecule has 1 unspecified atom stereocenters. The maximum absolute atomic E-state index is 11.1. The summed E-state index contributed by atoms with van der Waals surface area (Å²) in [6.45, 7) is 2.27. The van der Waals surface area contributed by atoms with Crippen LogP contribution in [0.25, 0.3) is 10.8 Å². The summed E-state index contributed by atoms with van der Waals surface area (Å²) in [7, 11) is 0. The Hall–Kier alpha value is -2.03. The maximum Gasteiger partial charge on any atom is 0.303 e. The number of hydrogen-bond donors (Lipinski definition) is 1. The van der Waals surface area contributed by atoms with Crippen molar-refractivity contribution >= 4 is 16.7 Å². The number of benzene rings is 2. The van der Waals surface area contributed by atoms with Gasteiger partial charge in [0.2, 0.25) is 0 Å². The molecule has 0 aliphatic carbocycles. The van der Waals surface area contributed by atoms with Gasteiger partial charge in [-0.15, -0.1) is 0 Å². The van der Waals surface area contributed by atoms with E-state index in [1.165, 1.54) is 70.6 Å². The van der Waals surface area contributed by atoms with E-state index in [9.17, 15) is 4.79 Å². The summed E-state index contributed by atoms with van der Waals surface area (Å²) in [6.07, 6.45) is 17.5. The Morgan fingerprint density at radius 1 is 0.774 bits per heavy atom. The summed E-state index contributed by atoms with van der Waals surface area (Å²) in [6, 6.07) is 14.3. The Morgan fingerprint density at radius 2 is 1.35 bits per heavy atom. The van der Waals surface area contributed by atoms with E-state index in [0.717, 1.165) is 29.4 Å². The highest BCUT2D eigenvalue weighted by Crippen LogP contribution is 2.28. The highest BCUT2D eigenvalue weighted by molar-refractivity contribution is 5.88. The number of hydrogen-bond acceptors (Lipinski definition) is 2. The molecule has 0 bridgehead atoms. The highest BCUT2D eigenvalue weighted by Gasteiger charge is 2.14. The van der Waals surface area contributed by atoms with Crippen LogP contribution in [0, 0.1) is 0 Å². The Kier molecular flexibility index (Phi) is 12.8. The number of rotatable bonds is 18. The lowest BCUT2D eigenvalue weighted by molar-refractivity contribution is -0.137. The van der Waals surface area contributed by atoms with Gasteiger partial charge in [0.05, 0.1) is 6.10 Å². The van der Waals surface area contributed by atoms with Crippen molar-refractivity contribution in [2.24, 2.45) is 0 Å². The molecule has 0 aliphatic rings. The second-order valence-electron chi connectivity index (χ2n) is 8.83. The molecule has 0 spiro atoms. The second kappa shape index (κ2) is 15.7. The van der Waals surface area contributed by atoms with E-state index < -0.39 is 5.97 Å². The first-order valence-corrected chi connectivity index (χ1v) is 12.6. The first-order valence-electron chi connectivity index (χ1n) is 12.6. The van der Waals surface area contributed by atoms with Crippen molar-refractivity contribution in [2.45, 2.75) is 109 Å². The largest absolute Gasteiger partial charge is 0.490 e. The highest BCUT2D eigenvalue weighted by atomic mass is 16.5. The third-order valence-corrected chi connectivity index (χ3v) is 6.10. The standard InChI is InChI=1S/C28H42O3/c1-2-3-4-5-6-7-8-9-10-11-12-13-19-25(22-23-28(29)30)31-27-21-16-18-24-17-14-15-20-26(24)27/h14-18,20-21,25H,2-13,19,22-23H2,1H3,(H,29,30). The summed E-state index contributed by atoms with van der Waals surface area (Å²) in [5, 5.41) is 11.4. The molecule has 31 heavy (non-hydrogen) atoms. The smallest absolute Gasteiger partial charge is 0.303 e. The van der Waals surface area contributed by atoms with Crippen LogP contribution in [0.3, 0.4) is 0 Å². The van der Waals surface area contributed by atoms with Crippen LogP contribution in [0.2, 0.25) is 0 Å². The molecule has 172 valence electrons. The fraction of sp³-hybridized carbons (Fsp3) is 0.607. The summed E-state index contributed by atoms with van der Waals surface area (Å²) in [5.41, 5.74) is 0. The topological polar surface area (TPSA) is 46.5 Å². The van der Waals surface area contributed by atoms with Crippen LogP contribution in [0.5, 0.6) is 5.75 Å². The van der Waals surface area contributed by atoms with Gasteiger partial charge in [0, 0.05) is 11.8 Å². The van der Waals surface area contributed by atoms with Gasteiger partial charge in [-0.1, -0.05) is 114 Å². The number of carboxylic acid groups (broad SMARTS) is 1. The van der Waals surface area contributed by atoms with Gasteiger partial charge in [0.25, 0.3) is 0 Å². The van der Waals surface area contributed by atoms with E-state index in [0.29, 0.717) is 6.42 Å². The summed E-state index contributed by atoms with van der Waals surface area (Å²) in [4.78, 5) is 11.1. The predicted molar refractivity (Wildman–Crippen MR) is 131 cm³/mol. The lowest BCUT2D eigenvalue weighted by atomic mass is 10.0. The number of fused-ring (bicyclic) bond motifs is 1. The van der Waals surface area contributed by atoms with Gasteiger partial charge >= 0.3 is 5.97 Å². The molecule has 0 amide bonds. The molecule has 3 nitrogen and oxygen atoms in total. The van der Waals surface area contributed by atoms with E-state index in [1.807, 2.05) is 24.3 Å². The van der Waals surface area contributed by atoms with Crippen LogP contribution in [0.15, 0.2) is 42.5 Å². The van der Waals surface area contributed by atoms with Crippen molar-refractivity contribution in [3.05, 3.63) is 42.5 Å².